The second-order valence-corrected chi connectivity index (χ2v) is 5.12. The monoisotopic (exact) mass is 261 g/mol. The van der Waals surface area contributed by atoms with Gasteiger partial charge in [0, 0.05) is 25.8 Å². The Hall–Kier alpha value is -1.62. The maximum absolute atomic E-state index is 4.47. The molecular formula is C14H23N5. The van der Waals surface area contributed by atoms with Gasteiger partial charge in [0.05, 0.1) is 23.6 Å². The highest BCUT2D eigenvalue weighted by Gasteiger charge is 2.08. The number of rotatable bonds is 6. The summed E-state index contributed by atoms with van der Waals surface area (Å²) in [4.78, 5) is 0. The molecule has 0 unspecified atom stereocenters. The minimum Gasteiger partial charge on any atom is -0.309 e. The molecule has 2 rings (SSSR count). The molecule has 0 aliphatic rings. The predicted octanol–water partition coefficient (Wildman–Crippen LogP) is 1.73. The second kappa shape index (κ2) is 6.02. The molecule has 0 aliphatic carbocycles. The van der Waals surface area contributed by atoms with Gasteiger partial charge in [-0.05, 0) is 18.6 Å². The highest BCUT2D eigenvalue weighted by molar-refractivity contribution is 5.12. The zero-order chi connectivity index (χ0) is 13.8. The molecule has 0 bridgehead atoms. The molecule has 2 aromatic rings. The van der Waals surface area contributed by atoms with Gasteiger partial charge in [0.15, 0.2) is 0 Å². The van der Waals surface area contributed by atoms with Crippen LogP contribution in [0.1, 0.15) is 37.9 Å². The predicted molar refractivity (Wildman–Crippen MR) is 75.9 cm³/mol. The number of nitrogens with one attached hydrogen (secondary N) is 1. The van der Waals surface area contributed by atoms with Crippen molar-refractivity contribution >= 4 is 0 Å². The summed E-state index contributed by atoms with van der Waals surface area (Å²) in [5, 5.41) is 12.3. The summed E-state index contributed by atoms with van der Waals surface area (Å²) < 4.78 is 3.98. The Kier molecular flexibility index (Phi) is 4.37. The first-order chi connectivity index (χ1) is 9.10. The average molecular weight is 261 g/mol. The smallest absolute Gasteiger partial charge is 0.0831 e. The van der Waals surface area contributed by atoms with Gasteiger partial charge in [0.25, 0.3) is 0 Å². The number of aryl methyl sites for hydroxylation is 2. The van der Waals surface area contributed by atoms with Crippen molar-refractivity contribution in [1.82, 2.24) is 24.9 Å². The van der Waals surface area contributed by atoms with Gasteiger partial charge >= 0.3 is 0 Å². The summed E-state index contributed by atoms with van der Waals surface area (Å²) in [6.07, 6.45) is 2.82. The lowest BCUT2D eigenvalue weighted by Crippen LogP contribution is -2.24. The summed E-state index contributed by atoms with van der Waals surface area (Å²) in [7, 11) is 1.99. The third kappa shape index (κ3) is 3.44. The number of aromatic nitrogens is 4. The summed E-state index contributed by atoms with van der Waals surface area (Å²) >= 11 is 0. The van der Waals surface area contributed by atoms with E-state index in [1.807, 2.05) is 22.6 Å². The van der Waals surface area contributed by atoms with Crippen molar-refractivity contribution in [2.24, 2.45) is 7.05 Å². The summed E-state index contributed by atoms with van der Waals surface area (Å²) in [6, 6.07) is 4.69. The lowest BCUT2D eigenvalue weighted by Gasteiger charge is -2.10. The normalized spacial score (nSPS) is 11.4. The van der Waals surface area contributed by atoms with Gasteiger partial charge in [0.2, 0.25) is 0 Å². The maximum atomic E-state index is 4.47. The van der Waals surface area contributed by atoms with Crippen LogP contribution in [0.25, 0.3) is 0 Å². The molecule has 0 amide bonds. The largest absolute Gasteiger partial charge is 0.309 e. The minimum absolute atomic E-state index is 0.478. The fourth-order valence-electron chi connectivity index (χ4n) is 2.01. The molecule has 0 fully saturated rings. The SMILES string of the molecule is CCc1cc(Cn2nccc2CNC(C)C)n(C)n1. The van der Waals surface area contributed by atoms with Gasteiger partial charge in [-0.3, -0.25) is 9.36 Å². The third-order valence-corrected chi connectivity index (χ3v) is 3.20. The van der Waals surface area contributed by atoms with Gasteiger partial charge in [-0.2, -0.15) is 10.2 Å². The van der Waals surface area contributed by atoms with Crippen LogP contribution in [0.2, 0.25) is 0 Å². The van der Waals surface area contributed by atoms with E-state index in [-0.39, 0.29) is 0 Å². The van der Waals surface area contributed by atoms with Crippen LogP contribution in [-0.4, -0.2) is 25.6 Å². The van der Waals surface area contributed by atoms with E-state index in [1.54, 1.807) is 0 Å². The number of nitrogens with zero attached hydrogens (tertiary/aromatic N) is 4. The molecule has 19 heavy (non-hydrogen) atoms. The van der Waals surface area contributed by atoms with E-state index >= 15 is 0 Å². The van der Waals surface area contributed by atoms with E-state index < -0.39 is 0 Å². The van der Waals surface area contributed by atoms with Gasteiger partial charge in [-0.15, -0.1) is 0 Å². The lowest BCUT2D eigenvalue weighted by atomic mass is 10.3. The second-order valence-electron chi connectivity index (χ2n) is 5.12. The van der Waals surface area contributed by atoms with Crippen LogP contribution >= 0.6 is 0 Å². The van der Waals surface area contributed by atoms with E-state index in [4.69, 9.17) is 0 Å². The summed E-state index contributed by atoms with van der Waals surface area (Å²) in [6.45, 7) is 8.03. The highest BCUT2D eigenvalue weighted by atomic mass is 15.3. The Bertz CT molecular complexity index is 524. The number of hydrogen-bond donors (Lipinski definition) is 1. The van der Waals surface area contributed by atoms with Crippen LogP contribution in [0.5, 0.6) is 0 Å². The molecule has 0 aromatic carbocycles. The van der Waals surface area contributed by atoms with E-state index in [9.17, 15) is 0 Å². The van der Waals surface area contributed by atoms with Gasteiger partial charge in [-0.1, -0.05) is 20.8 Å². The summed E-state index contributed by atoms with van der Waals surface area (Å²) in [5.41, 5.74) is 3.52. The average Bonchev–Trinajstić information content (AvgIpc) is 2.95. The first kappa shape index (κ1) is 13.8. The van der Waals surface area contributed by atoms with Gasteiger partial charge < -0.3 is 5.32 Å². The van der Waals surface area contributed by atoms with Crippen molar-refractivity contribution in [2.75, 3.05) is 0 Å². The Labute approximate surface area is 114 Å². The van der Waals surface area contributed by atoms with E-state index in [0.717, 1.165) is 25.2 Å². The van der Waals surface area contributed by atoms with Gasteiger partial charge in [-0.25, -0.2) is 0 Å². The quantitative estimate of drug-likeness (QED) is 0.861. The minimum atomic E-state index is 0.478. The maximum Gasteiger partial charge on any atom is 0.0831 e. The lowest BCUT2D eigenvalue weighted by molar-refractivity contribution is 0.537. The topological polar surface area (TPSA) is 47.7 Å². The van der Waals surface area contributed by atoms with Crippen molar-refractivity contribution in [3.63, 3.8) is 0 Å². The third-order valence-electron chi connectivity index (χ3n) is 3.20. The molecule has 0 saturated heterocycles. The van der Waals surface area contributed by atoms with Crippen LogP contribution in [0, 0.1) is 0 Å². The van der Waals surface area contributed by atoms with Crippen LogP contribution in [0.15, 0.2) is 18.3 Å². The molecular weight excluding hydrogens is 238 g/mol. The first-order valence-corrected chi connectivity index (χ1v) is 6.86. The molecule has 1 N–H and O–H groups in total. The fraction of sp³-hybridized carbons (Fsp3) is 0.571. The molecule has 0 spiro atoms. The Morgan fingerprint density at radius 2 is 2.11 bits per heavy atom. The summed E-state index contributed by atoms with van der Waals surface area (Å²) in [5.74, 6) is 0. The van der Waals surface area contributed by atoms with Crippen LogP contribution in [0.3, 0.4) is 0 Å². The molecule has 104 valence electrons. The zero-order valence-corrected chi connectivity index (χ0v) is 12.2. The van der Waals surface area contributed by atoms with Crippen molar-refractivity contribution < 1.29 is 0 Å². The van der Waals surface area contributed by atoms with E-state index in [1.165, 1.54) is 11.4 Å². The Morgan fingerprint density at radius 3 is 2.74 bits per heavy atom. The molecule has 0 aliphatic heterocycles. The molecule has 5 heteroatoms. The van der Waals surface area contributed by atoms with Crippen molar-refractivity contribution in [3.8, 4) is 0 Å². The molecule has 0 atom stereocenters. The van der Waals surface area contributed by atoms with Crippen LogP contribution in [0.4, 0.5) is 0 Å². The number of hydrogen-bond acceptors (Lipinski definition) is 3. The van der Waals surface area contributed by atoms with Crippen LogP contribution < -0.4 is 5.32 Å². The van der Waals surface area contributed by atoms with Gasteiger partial charge in [0.1, 0.15) is 0 Å². The Balaban J connectivity index is 2.10. The fourth-order valence-corrected chi connectivity index (χ4v) is 2.01. The van der Waals surface area contributed by atoms with E-state index in [2.05, 4.69) is 48.4 Å². The van der Waals surface area contributed by atoms with Crippen molar-refractivity contribution in [3.05, 3.63) is 35.4 Å². The first-order valence-electron chi connectivity index (χ1n) is 6.86. The standard InChI is InChI=1S/C14H23N5/c1-5-12-8-14(18(4)17-12)10-19-13(6-7-16-19)9-15-11(2)3/h6-8,11,15H,5,9-10H2,1-4H3. The van der Waals surface area contributed by atoms with Crippen molar-refractivity contribution in [2.45, 2.75) is 46.3 Å². The van der Waals surface area contributed by atoms with Crippen molar-refractivity contribution in [1.29, 1.82) is 0 Å². The Morgan fingerprint density at radius 1 is 1.32 bits per heavy atom. The molecule has 2 heterocycles. The molecule has 2 aromatic heterocycles. The zero-order valence-electron chi connectivity index (χ0n) is 12.2. The molecule has 0 radical (unpaired) electrons. The van der Waals surface area contributed by atoms with E-state index in [0.29, 0.717) is 6.04 Å². The molecule has 5 nitrogen and oxygen atoms in total. The van der Waals surface area contributed by atoms with Crippen LogP contribution in [-0.2, 0) is 26.6 Å². The highest BCUT2D eigenvalue weighted by Crippen LogP contribution is 2.08. The molecule has 0 saturated carbocycles.